The van der Waals surface area contributed by atoms with Crippen molar-refractivity contribution in [2.75, 3.05) is 18.1 Å². The van der Waals surface area contributed by atoms with E-state index in [-0.39, 0.29) is 5.91 Å². The summed E-state index contributed by atoms with van der Waals surface area (Å²) in [7, 11) is 0. The van der Waals surface area contributed by atoms with Gasteiger partial charge < -0.3 is 5.32 Å². The summed E-state index contributed by atoms with van der Waals surface area (Å²) in [6, 6.07) is 18.7. The van der Waals surface area contributed by atoms with Gasteiger partial charge in [-0.05, 0) is 24.6 Å². The van der Waals surface area contributed by atoms with Crippen molar-refractivity contribution in [1.29, 1.82) is 0 Å². The molecule has 116 valence electrons. The predicted molar refractivity (Wildman–Crippen MR) is 97.5 cm³/mol. The Balaban J connectivity index is 1.56. The molecule has 1 amide bonds. The Morgan fingerprint density at radius 2 is 1.91 bits per heavy atom. The summed E-state index contributed by atoms with van der Waals surface area (Å²) < 4.78 is 0. The van der Waals surface area contributed by atoms with Gasteiger partial charge in [0.15, 0.2) is 0 Å². The van der Waals surface area contributed by atoms with Gasteiger partial charge in [0.25, 0.3) is 0 Å². The van der Waals surface area contributed by atoms with Crippen LogP contribution in [0.5, 0.6) is 0 Å². The number of benzene rings is 2. The number of rotatable bonds is 8. The Bertz CT molecular complexity index is 587. The second kappa shape index (κ2) is 9.59. The lowest BCUT2D eigenvalue weighted by Crippen LogP contribution is -2.27. The number of thioether (sulfide) groups is 2. The van der Waals surface area contributed by atoms with Gasteiger partial charge in [0.05, 0.1) is 5.75 Å². The minimum atomic E-state index is 0.117. The summed E-state index contributed by atoms with van der Waals surface area (Å²) in [5.74, 6) is 2.42. The van der Waals surface area contributed by atoms with Crippen molar-refractivity contribution >= 4 is 29.4 Å². The molecule has 2 aromatic carbocycles. The van der Waals surface area contributed by atoms with Crippen LogP contribution < -0.4 is 5.32 Å². The van der Waals surface area contributed by atoms with E-state index >= 15 is 0 Å². The Hall–Kier alpha value is -1.39. The molecule has 0 aliphatic carbocycles. The van der Waals surface area contributed by atoms with E-state index < -0.39 is 0 Å². The van der Waals surface area contributed by atoms with Crippen LogP contribution in [0.15, 0.2) is 59.5 Å². The molecule has 0 fully saturated rings. The molecule has 1 N–H and O–H groups in total. The number of aryl methyl sites for hydroxylation is 1. The van der Waals surface area contributed by atoms with Crippen LogP contribution in [0.2, 0.25) is 0 Å². The average molecular weight is 332 g/mol. The Labute approximate surface area is 141 Å². The standard InChI is InChI=1S/C18H21NOS2/c1-15-6-5-7-16(12-15)13-21-14-18(20)19-10-11-22-17-8-3-2-4-9-17/h2-9,12H,10-11,13-14H2,1H3,(H,19,20). The van der Waals surface area contributed by atoms with E-state index in [1.165, 1.54) is 16.0 Å². The normalized spacial score (nSPS) is 10.4. The summed E-state index contributed by atoms with van der Waals surface area (Å²) in [6.45, 7) is 2.80. The molecule has 0 unspecified atom stereocenters. The average Bonchev–Trinajstić information content (AvgIpc) is 2.53. The van der Waals surface area contributed by atoms with E-state index in [0.29, 0.717) is 12.3 Å². The van der Waals surface area contributed by atoms with Crippen LogP contribution in [-0.2, 0) is 10.5 Å². The highest BCUT2D eigenvalue weighted by Gasteiger charge is 2.02. The van der Waals surface area contributed by atoms with Crippen LogP contribution in [0.25, 0.3) is 0 Å². The van der Waals surface area contributed by atoms with Crippen LogP contribution in [0, 0.1) is 6.92 Å². The molecule has 0 aromatic heterocycles. The van der Waals surface area contributed by atoms with Crippen LogP contribution in [0.1, 0.15) is 11.1 Å². The van der Waals surface area contributed by atoms with E-state index in [2.05, 4.69) is 48.6 Å². The van der Waals surface area contributed by atoms with Gasteiger partial charge in [0, 0.05) is 22.9 Å². The van der Waals surface area contributed by atoms with E-state index in [9.17, 15) is 4.79 Å². The van der Waals surface area contributed by atoms with Gasteiger partial charge in [-0.15, -0.1) is 23.5 Å². The third-order valence-corrected chi connectivity index (χ3v) is 5.04. The molecule has 0 aliphatic rings. The highest BCUT2D eigenvalue weighted by Crippen LogP contribution is 2.16. The van der Waals surface area contributed by atoms with E-state index in [0.717, 1.165) is 11.5 Å². The van der Waals surface area contributed by atoms with Crippen LogP contribution in [0.4, 0.5) is 0 Å². The zero-order chi connectivity index (χ0) is 15.6. The zero-order valence-electron chi connectivity index (χ0n) is 12.7. The first-order valence-corrected chi connectivity index (χ1v) is 9.46. The zero-order valence-corrected chi connectivity index (χ0v) is 14.4. The fourth-order valence-corrected chi connectivity index (χ4v) is 3.58. The number of carbonyl (C=O) groups excluding carboxylic acids is 1. The monoisotopic (exact) mass is 331 g/mol. The second-order valence-electron chi connectivity index (χ2n) is 4.99. The quantitative estimate of drug-likeness (QED) is 0.582. The summed E-state index contributed by atoms with van der Waals surface area (Å²) in [4.78, 5) is 13.0. The maximum absolute atomic E-state index is 11.8. The smallest absolute Gasteiger partial charge is 0.230 e. The molecule has 0 spiro atoms. The molecular formula is C18H21NOS2. The fourth-order valence-electron chi connectivity index (χ4n) is 1.99. The SMILES string of the molecule is Cc1cccc(CSCC(=O)NCCSc2ccccc2)c1. The van der Waals surface area contributed by atoms with Gasteiger partial charge in [-0.1, -0.05) is 48.0 Å². The van der Waals surface area contributed by atoms with Crippen molar-refractivity contribution in [2.24, 2.45) is 0 Å². The van der Waals surface area contributed by atoms with Gasteiger partial charge in [-0.25, -0.2) is 0 Å². The highest BCUT2D eigenvalue weighted by molar-refractivity contribution is 7.99. The molecule has 2 rings (SSSR count). The molecule has 0 radical (unpaired) electrons. The number of hydrogen-bond acceptors (Lipinski definition) is 3. The Morgan fingerprint density at radius 3 is 2.68 bits per heavy atom. The molecule has 0 heterocycles. The highest BCUT2D eigenvalue weighted by atomic mass is 32.2. The predicted octanol–water partition coefficient (Wildman–Crippen LogP) is 4.14. The van der Waals surface area contributed by atoms with Crippen molar-refractivity contribution in [3.63, 3.8) is 0 Å². The van der Waals surface area contributed by atoms with Gasteiger partial charge in [-0.3, -0.25) is 4.79 Å². The summed E-state index contributed by atoms with van der Waals surface area (Å²) >= 11 is 3.42. The largest absolute Gasteiger partial charge is 0.355 e. The van der Waals surface area contributed by atoms with Crippen LogP contribution in [0.3, 0.4) is 0 Å². The number of carbonyl (C=O) groups is 1. The van der Waals surface area contributed by atoms with Crippen molar-refractivity contribution < 1.29 is 4.79 Å². The minimum absolute atomic E-state index is 0.117. The third-order valence-electron chi connectivity index (χ3n) is 3.02. The molecule has 0 aliphatic heterocycles. The van der Waals surface area contributed by atoms with Gasteiger partial charge in [-0.2, -0.15) is 0 Å². The van der Waals surface area contributed by atoms with Crippen LogP contribution >= 0.6 is 23.5 Å². The molecule has 0 saturated heterocycles. The topological polar surface area (TPSA) is 29.1 Å². The van der Waals surface area contributed by atoms with Crippen molar-refractivity contribution in [1.82, 2.24) is 5.32 Å². The molecule has 2 nitrogen and oxygen atoms in total. The van der Waals surface area contributed by atoms with Gasteiger partial charge in [0.1, 0.15) is 0 Å². The van der Waals surface area contributed by atoms with E-state index in [1.807, 2.05) is 18.2 Å². The maximum Gasteiger partial charge on any atom is 0.230 e. The first kappa shape index (κ1) is 17.0. The molecular weight excluding hydrogens is 310 g/mol. The first-order chi connectivity index (χ1) is 10.7. The van der Waals surface area contributed by atoms with Crippen LogP contribution in [-0.4, -0.2) is 24.0 Å². The lowest BCUT2D eigenvalue weighted by Gasteiger charge is -2.06. The molecule has 0 bridgehead atoms. The van der Waals surface area contributed by atoms with Crippen molar-refractivity contribution in [3.8, 4) is 0 Å². The molecule has 22 heavy (non-hydrogen) atoms. The van der Waals surface area contributed by atoms with Crippen molar-refractivity contribution in [3.05, 3.63) is 65.7 Å². The molecule has 0 atom stereocenters. The molecule has 0 saturated carbocycles. The summed E-state index contributed by atoms with van der Waals surface area (Å²) in [6.07, 6.45) is 0. The van der Waals surface area contributed by atoms with Gasteiger partial charge in [0.2, 0.25) is 5.91 Å². The lowest BCUT2D eigenvalue weighted by molar-refractivity contribution is -0.118. The Kier molecular flexibility index (Phi) is 7.40. The summed E-state index contributed by atoms with van der Waals surface area (Å²) in [5, 5.41) is 2.97. The molecule has 2 aromatic rings. The summed E-state index contributed by atoms with van der Waals surface area (Å²) in [5.41, 5.74) is 2.54. The van der Waals surface area contributed by atoms with Gasteiger partial charge >= 0.3 is 0 Å². The minimum Gasteiger partial charge on any atom is -0.355 e. The van der Waals surface area contributed by atoms with E-state index in [1.54, 1.807) is 23.5 Å². The van der Waals surface area contributed by atoms with Crippen molar-refractivity contribution in [2.45, 2.75) is 17.6 Å². The van der Waals surface area contributed by atoms with E-state index in [4.69, 9.17) is 0 Å². The fraction of sp³-hybridized carbons (Fsp3) is 0.278. The second-order valence-corrected chi connectivity index (χ2v) is 7.15. The number of nitrogens with one attached hydrogen (secondary N) is 1. The lowest BCUT2D eigenvalue weighted by atomic mass is 10.2. The first-order valence-electron chi connectivity index (χ1n) is 7.32. The maximum atomic E-state index is 11.8. The third kappa shape index (κ3) is 6.58. The Morgan fingerprint density at radius 1 is 1.09 bits per heavy atom. The number of hydrogen-bond donors (Lipinski definition) is 1. The molecule has 4 heteroatoms. The number of amides is 1.